The minimum absolute atomic E-state index is 0. The van der Waals surface area contributed by atoms with Crippen molar-refractivity contribution >= 4 is 27.7 Å². The molecular weight excluding hydrogens is 810 g/mol. The van der Waals surface area contributed by atoms with Gasteiger partial charge in [-0.05, 0) is 78.3 Å². The molecule has 0 saturated carbocycles. The van der Waals surface area contributed by atoms with Crippen molar-refractivity contribution in [2.45, 2.75) is 91.7 Å². The second-order valence-corrected chi connectivity index (χ2v) is 16.0. The van der Waals surface area contributed by atoms with Crippen molar-refractivity contribution in [2.24, 2.45) is 10.9 Å². The van der Waals surface area contributed by atoms with Gasteiger partial charge in [0.15, 0.2) is 0 Å². The molecule has 51 heavy (non-hydrogen) atoms. The van der Waals surface area contributed by atoms with E-state index < -0.39 is 5.60 Å². The third-order valence-corrected chi connectivity index (χ3v) is 10.6. The van der Waals surface area contributed by atoms with E-state index >= 15 is 0 Å². The first-order chi connectivity index (χ1) is 23.6. The van der Waals surface area contributed by atoms with E-state index in [1.165, 1.54) is 11.1 Å². The molecule has 7 rings (SSSR count). The van der Waals surface area contributed by atoms with E-state index in [0.717, 1.165) is 44.3 Å². The quantitative estimate of drug-likeness (QED) is 0.150. The summed E-state index contributed by atoms with van der Waals surface area (Å²) in [5.74, 6) is 3.23. The predicted molar refractivity (Wildman–Crippen MR) is 206 cm³/mol. The Morgan fingerprint density at radius 3 is 2.20 bits per heavy atom. The Labute approximate surface area is 317 Å². The number of hydrogen-bond donors (Lipinski definition) is 0. The monoisotopic (exact) mass is 856 g/mol. The molecular formula is C45H47N3O2Pt. The van der Waals surface area contributed by atoms with Crippen molar-refractivity contribution < 1.29 is 30.5 Å². The van der Waals surface area contributed by atoms with E-state index in [1.807, 2.05) is 18.3 Å². The first-order valence-corrected chi connectivity index (χ1v) is 17.7. The van der Waals surface area contributed by atoms with Gasteiger partial charge in [-0.3, -0.25) is 4.99 Å². The Hall–Kier alpha value is -4.21. The van der Waals surface area contributed by atoms with Crippen LogP contribution < -0.4 is 4.74 Å². The van der Waals surface area contributed by atoms with Gasteiger partial charge in [0, 0.05) is 23.2 Å². The summed E-state index contributed by atoms with van der Waals surface area (Å²) < 4.78 is 15.4. The largest absolute Gasteiger partial charge is 2.00 e. The molecule has 0 saturated heterocycles. The van der Waals surface area contributed by atoms with Crippen LogP contribution in [0.25, 0.3) is 38.8 Å². The average molecular weight is 857 g/mol. The molecule has 0 amide bonds. The molecule has 3 heterocycles. The number of ether oxygens (including phenoxy) is 2. The van der Waals surface area contributed by atoms with Crippen LogP contribution in [-0.4, -0.2) is 26.6 Å². The average Bonchev–Trinajstić information content (AvgIpc) is 3.54. The Bertz CT molecular complexity index is 2260. The van der Waals surface area contributed by atoms with Crippen molar-refractivity contribution in [1.82, 2.24) is 9.55 Å². The van der Waals surface area contributed by atoms with Crippen LogP contribution in [0.3, 0.4) is 0 Å². The van der Waals surface area contributed by atoms with Crippen molar-refractivity contribution in [1.29, 1.82) is 0 Å². The number of aliphatic imine (C=N–C) groups is 1. The summed E-state index contributed by atoms with van der Waals surface area (Å²) in [5, 5.41) is 2.22. The van der Waals surface area contributed by atoms with E-state index in [2.05, 4.69) is 159 Å². The molecule has 1 atom stereocenters. The maximum Gasteiger partial charge on any atom is 2.00 e. The fraction of sp³-hybridized carbons (Fsp3) is 0.333. The van der Waals surface area contributed by atoms with Crippen LogP contribution in [0.2, 0.25) is 0 Å². The number of rotatable bonds is 7. The van der Waals surface area contributed by atoms with Crippen LogP contribution in [0.15, 0.2) is 96.1 Å². The number of fused-ring (bicyclic) bond motifs is 3. The zero-order chi connectivity index (χ0) is 35.6. The van der Waals surface area contributed by atoms with Gasteiger partial charge >= 0.3 is 21.1 Å². The number of nitrogens with zero attached hydrogens (tertiary/aromatic N) is 3. The van der Waals surface area contributed by atoms with Gasteiger partial charge in [0.25, 0.3) is 0 Å². The van der Waals surface area contributed by atoms with E-state index in [0.29, 0.717) is 23.3 Å². The maximum atomic E-state index is 6.63. The van der Waals surface area contributed by atoms with Gasteiger partial charge < -0.3 is 14.0 Å². The molecule has 1 aliphatic heterocycles. The van der Waals surface area contributed by atoms with Gasteiger partial charge in [-0.25, -0.2) is 4.98 Å². The van der Waals surface area contributed by atoms with E-state index in [-0.39, 0.29) is 37.9 Å². The molecule has 0 spiro atoms. The summed E-state index contributed by atoms with van der Waals surface area (Å²) in [4.78, 5) is 10.0. The van der Waals surface area contributed by atoms with E-state index in [4.69, 9.17) is 19.5 Å². The third kappa shape index (κ3) is 6.66. The summed E-state index contributed by atoms with van der Waals surface area (Å²) >= 11 is 0. The third-order valence-electron chi connectivity index (χ3n) is 10.6. The Morgan fingerprint density at radius 2 is 1.53 bits per heavy atom. The Morgan fingerprint density at radius 1 is 0.784 bits per heavy atom. The van der Waals surface area contributed by atoms with Crippen LogP contribution in [0.4, 0.5) is 0 Å². The van der Waals surface area contributed by atoms with Crippen LogP contribution in [0.5, 0.6) is 11.5 Å². The predicted octanol–water partition coefficient (Wildman–Crippen LogP) is 11.6. The molecule has 264 valence electrons. The Kier molecular flexibility index (Phi) is 9.61. The molecule has 0 bridgehead atoms. The first kappa shape index (κ1) is 36.6. The second-order valence-electron chi connectivity index (χ2n) is 16.0. The maximum absolute atomic E-state index is 6.63. The summed E-state index contributed by atoms with van der Waals surface area (Å²) in [6, 6.07) is 36.9. The minimum Gasteiger partial charge on any atom is -0.512 e. The molecule has 6 heteroatoms. The number of pyridine rings is 1. The van der Waals surface area contributed by atoms with Gasteiger partial charge in [-0.15, -0.1) is 29.1 Å². The Balaban J connectivity index is 0.00000448. The topological polar surface area (TPSA) is 48.6 Å². The molecule has 6 aromatic rings. The fourth-order valence-electron chi connectivity index (χ4n) is 6.88. The summed E-state index contributed by atoms with van der Waals surface area (Å²) in [6.07, 6.45) is 1.90. The van der Waals surface area contributed by atoms with Gasteiger partial charge in [0.2, 0.25) is 0 Å². The normalized spacial score (nSPS) is 17.1. The summed E-state index contributed by atoms with van der Waals surface area (Å²) in [7, 11) is 0. The van der Waals surface area contributed by atoms with Gasteiger partial charge in [-0.2, -0.15) is 6.07 Å². The van der Waals surface area contributed by atoms with Gasteiger partial charge in [0.1, 0.15) is 17.3 Å². The molecule has 0 aliphatic carbocycles. The molecule has 1 aliphatic rings. The zero-order valence-corrected chi connectivity index (χ0v) is 33.6. The van der Waals surface area contributed by atoms with E-state index in [9.17, 15) is 0 Å². The summed E-state index contributed by atoms with van der Waals surface area (Å²) in [5.41, 5.74) is 6.60. The first-order valence-electron chi connectivity index (χ1n) is 17.7. The molecule has 4 aromatic carbocycles. The van der Waals surface area contributed by atoms with Gasteiger partial charge in [-0.1, -0.05) is 114 Å². The van der Waals surface area contributed by atoms with E-state index in [1.54, 1.807) is 0 Å². The number of aromatic nitrogens is 2. The van der Waals surface area contributed by atoms with Crippen LogP contribution in [0.1, 0.15) is 91.8 Å². The standard InChI is InChI=1S/C45H47N3O2.Pt/c1-28(2)32-22-33(42-47-45(10,29(3)4)44(8,9)50-42)24-36(23-32)49-35-17-18-37-38-25-31(30-14-12-11-13-15-30)16-19-39(38)48(40(37)27-35)41-26-34(20-21-46-41)43(5,6)7;/h11-23,25-26,28-29H,1-10H3;/q-2;+2/t45-;/m1./s1. The number of benzene rings is 4. The molecule has 0 radical (unpaired) electrons. The van der Waals surface area contributed by atoms with Crippen molar-refractivity contribution in [3.05, 3.63) is 120 Å². The molecule has 0 N–H and O–H groups in total. The smallest absolute Gasteiger partial charge is 0.512 e. The minimum atomic E-state index is -0.454. The zero-order valence-electron chi connectivity index (χ0n) is 31.3. The fourth-order valence-corrected chi connectivity index (χ4v) is 6.88. The molecule has 0 fully saturated rings. The SMILES string of the molecule is CC(C)c1cc(Oc2[c-]c3c(cc2)c2cc(-c4ccccc4)ccc2n3-c2cc(C(C)(C)C)ccn2)[c-]c(C2=N[C@](C)(C(C)C)C(C)(C)O2)c1.[Pt+2]. The molecule has 5 nitrogen and oxygen atoms in total. The second kappa shape index (κ2) is 13.4. The summed E-state index contributed by atoms with van der Waals surface area (Å²) in [6.45, 7) is 21.8. The van der Waals surface area contributed by atoms with Gasteiger partial charge in [0.05, 0.1) is 5.54 Å². The van der Waals surface area contributed by atoms with Crippen LogP contribution >= 0.6 is 0 Å². The molecule has 0 unspecified atom stereocenters. The van der Waals surface area contributed by atoms with Crippen molar-refractivity contribution in [2.75, 3.05) is 0 Å². The molecule has 2 aromatic heterocycles. The van der Waals surface area contributed by atoms with Crippen LogP contribution in [0, 0.1) is 18.1 Å². The van der Waals surface area contributed by atoms with Crippen molar-refractivity contribution in [3.63, 3.8) is 0 Å². The number of hydrogen-bond acceptors (Lipinski definition) is 4. The van der Waals surface area contributed by atoms with Crippen molar-refractivity contribution in [3.8, 4) is 28.4 Å². The van der Waals surface area contributed by atoms with Crippen LogP contribution in [-0.2, 0) is 31.2 Å².